The quantitative estimate of drug-likeness (QED) is 0.611. The van der Waals surface area contributed by atoms with Crippen LogP contribution in [0.3, 0.4) is 0 Å². The Bertz CT molecular complexity index is 1090. The van der Waals surface area contributed by atoms with E-state index in [2.05, 4.69) is 10.3 Å². The van der Waals surface area contributed by atoms with Crippen molar-refractivity contribution in [2.75, 3.05) is 32.2 Å². The van der Waals surface area contributed by atoms with Gasteiger partial charge in [-0.1, -0.05) is 11.6 Å². The second kappa shape index (κ2) is 8.05. The fourth-order valence-electron chi connectivity index (χ4n) is 3.11. The molecule has 2 heterocycles. The van der Waals surface area contributed by atoms with E-state index in [1.54, 1.807) is 19.1 Å². The Morgan fingerprint density at radius 3 is 2.76 bits per heavy atom. The molecule has 1 N–H and O–H groups in total. The molecule has 3 aromatic rings. The zero-order chi connectivity index (χ0) is 20.4. The first-order valence-corrected chi connectivity index (χ1v) is 9.48. The summed E-state index contributed by atoms with van der Waals surface area (Å²) in [6.45, 7) is 3.01. The first kappa shape index (κ1) is 19.1. The normalized spacial score (nSPS) is 12.5. The molecule has 150 valence electrons. The van der Waals surface area contributed by atoms with Gasteiger partial charge in [0.25, 0.3) is 0 Å². The lowest BCUT2D eigenvalue weighted by Gasteiger charge is -2.20. The standard InChI is InChI=1S/C21H19ClN2O5/c1-3-27-21(25)14-11-23-16-10-15(22)18(26-2)9-13(16)20(14)24-12-4-5-17-19(8-12)29-7-6-28-17/h4-5,8-11H,3,6-7H2,1-2H3,(H,23,24). The van der Waals surface area contributed by atoms with Crippen molar-refractivity contribution < 1.29 is 23.7 Å². The summed E-state index contributed by atoms with van der Waals surface area (Å²) in [6.07, 6.45) is 1.48. The fourth-order valence-corrected chi connectivity index (χ4v) is 3.35. The summed E-state index contributed by atoms with van der Waals surface area (Å²) < 4.78 is 21.8. The molecule has 0 fully saturated rings. The summed E-state index contributed by atoms with van der Waals surface area (Å²) in [7, 11) is 1.53. The average Bonchev–Trinajstić information content (AvgIpc) is 2.73. The van der Waals surface area contributed by atoms with Crippen molar-refractivity contribution in [3.63, 3.8) is 0 Å². The smallest absolute Gasteiger partial charge is 0.341 e. The van der Waals surface area contributed by atoms with Gasteiger partial charge in [0.2, 0.25) is 0 Å². The van der Waals surface area contributed by atoms with Gasteiger partial charge in [-0.25, -0.2) is 4.79 Å². The highest BCUT2D eigenvalue weighted by molar-refractivity contribution is 6.33. The van der Waals surface area contributed by atoms with E-state index >= 15 is 0 Å². The molecule has 0 spiro atoms. The van der Waals surface area contributed by atoms with Crippen LogP contribution in [0.2, 0.25) is 5.02 Å². The van der Waals surface area contributed by atoms with Crippen molar-refractivity contribution in [2.45, 2.75) is 6.92 Å². The molecular formula is C21H19ClN2O5. The summed E-state index contributed by atoms with van der Waals surface area (Å²) in [4.78, 5) is 16.9. The van der Waals surface area contributed by atoms with Crippen LogP contribution in [0.4, 0.5) is 11.4 Å². The van der Waals surface area contributed by atoms with Crippen LogP contribution in [0.25, 0.3) is 10.9 Å². The van der Waals surface area contributed by atoms with E-state index in [9.17, 15) is 4.79 Å². The molecule has 1 aliphatic rings. The second-order valence-corrected chi connectivity index (χ2v) is 6.66. The number of hydrogen-bond acceptors (Lipinski definition) is 7. The van der Waals surface area contributed by atoms with Gasteiger partial charge in [0.15, 0.2) is 11.5 Å². The van der Waals surface area contributed by atoms with Gasteiger partial charge in [0.05, 0.1) is 29.9 Å². The maximum atomic E-state index is 12.5. The molecule has 8 heteroatoms. The molecule has 0 bridgehead atoms. The molecule has 0 amide bonds. The lowest BCUT2D eigenvalue weighted by Crippen LogP contribution is -2.15. The van der Waals surface area contributed by atoms with Gasteiger partial charge < -0.3 is 24.3 Å². The highest BCUT2D eigenvalue weighted by atomic mass is 35.5. The second-order valence-electron chi connectivity index (χ2n) is 6.25. The highest BCUT2D eigenvalue weighted by Gasteiger charge is 2.20. The van der Waals surface area contributed by atoms with E-state index in [-0.39, 0.29) is 6.61 Å². The molecule has 0 saturated carbocycles. The van der Waals surface area contributed by atoms with E-state index in [4.69, 9.17) is 30.5 Å². The summed E-state index contributed by atoms with van der Waals surface area (Å²) in [5.74, 6) is 1.32. The van der Waals surface area contributed by atoms with Gasteiger partial charge >= 0.3 is 5.97 Å². The molecule has 0 atom stereocenters. The number of pyridine rings is 1. The number of anilines is 2. The number of carbonyl (C=O) groups excluding carboxylic acids is 1. The Kier molecular flexibility index (Phi) is 5.31. The third-order valence-corrected chi connectivity index (χ3v) is 4.74. The molecule has 1 aromatic heterocycles. The van der Waals surface area contributed by atoms with Crippen molar-refractivity contribution in [3.8, 4) is 17.2 Å². The van der Waals surface area contributed by atoms with Gasteiger partial charge in [-0.05, 0) is 31.2 Å². The number of benzene rings is 2. The van der Waals surface area contributed by atoms with Gasteiger partial charge in [0.1, 0.15) is 24.5 Å². The minimum atomic E-state index is -0.476. The number of nitrogens with one attached hydrogen (secondary N) is 1. The maximum absolute atomic E-state index is 12.5. The molecule has 0 radical (unpaired) electrons. The van der Waals surface area contributed by atoms with Crippen LogP contribution in [0.15, 0.2) is 36.5 Å². The number of ether oxygens (including phenoxy) is 4. The molecule has 0 unspecified atom stereocenters. The van der Waals surface area contributed by atoms with Crippen LogP contribution in [-0.4, -0.2) is 37.9 Å². The lowest BCUT2D eigenvalue weighted by atomic mass is 10.1. The summed E-state index contributed by atoms with van der Waals surface area (Å²) in [5, 5.41) is 4.41. The molecule has 0 aliphatic carbocycles. The van der Waals surface area contributed by atoms with Gasteiger partial charge in [-0.2, -0.15) is 0 Å². The predicted molar refractivity (Wildman–Crippen MR) is 110 cm³/mol. The zero-order valence-electron chi connectivity index (χ0n) is 16.0. The van der Waals surface area contributed by atoms with Crippen molar-refractivity contribution >= 4 is 39.8 Å². The molecule has 0 saturated heterocycles. The molecule has 1 aliphatic heterocycles. The summed E-state index contributed by atoms with van der Waals surface area (Å²) in [5.41, 5.74) is 2.18. The van der Waals surface area contributed by atoms with Crippen LogP contribution in [0.5, 0.6) is 17.2 Å². The number of methoxy groups -OCH3 is 1. The van der Waals surface area contributed by atoms with E-state index in [1.165, 1.54) is 13.3 Å². The molecular weight excluding hydrogens is 396 g/mol. The number of aromatic nitrogens is 1. The van der Waals surface area contributed by atoms with Crippen LogP contribution in [-0.2, 0) is 4.74 Å². The Labute approximate surface area is 172 Å². The largest absolute Gasteiger partial charge is 0.495 e. The van der Waals surface area contributed by atoms with E-state index in [1.807, 2.05) is 18.2 Å². The van der Waals surface area contributed by atoms with Crippen LogP contribution in [0, 0.1) is 0 Å². The van der Waals surface area contributed by atoms with Gasteiger partial charge in [-0.3, -0.25) is 4.98 Å². The SMILES string of the molecule is CCOC(=O)c1cnc2cc(Cl)c(OC)cc2c1Nc1ccc2c(c1)OCCO2. The molecule has 2 aromatic carbocycles. The van der Waals surface area contributed by atoms with Crippen molar-refractivity contribution in [2.24, 2.45) is 0 Å². The number of nitrogens with zero attached hydrogens (tertiary/aromatic N) is 1. The van der Waals surface area contributed by atoms with E-state index in [0.717, 1.165) is 5.69 Å². The average molecular weight is 415 g/mol. The van der Waals surface area contributed by atoms with Crippen LogP contribution >= 0.6 is 11.6 Å². The Hall–Kier alpha value is -3.19. The summed E-state index contributed by atoms with van der Waals surface area (Å²) >= 11 is 6.24. The van der Waals surface area contributed by atoms with Crippen LogP contribution < -0.4 is 19.5 Å². The first-order chi connectivity index (χ1) is 14.1. The minimum Gasteiger partial charge on any atom is -0.495 e. The number of rotatable bonds is 5. The third kappa shape index (κ3) is 3.73. The van der Waals surface area contributed by atoms with Crippen LogP contribution in [0.1, 0.15) is 17.3 Å². The van der Waals surface area contributed by atoms with Gasteiger partial charge in [0, 0.05) is 23.3 Å². The Balaban J connectivity index is 1.85. The first-order valence-electron chi connectivity index (χ1n) is 9.10. The highest BCUT2D eigenvalue weighted by Crippen LogP contribution is 2.38. The molecule has 29 heavy (non-hydrogen) atoms. The predicted octanol–water partition coefficient (Wildman–Crippen LogP) is 4.59. The minimum absolute atomic E-state index is 0.254. The van der Waals surface area contributed by atoms with Crippen molar-refractivity contribution in [3.05, 3.63) is 47.1 Å². The van der Waals surface area contributed by atoms with E-state index in [0.29, 0.717) is 57.6 Å². The molecule has 7 nitrogen and oxygen atoms in total. The topological polar surface area (TPSA) is 78.9 Å². The van der Waals surface area contributed by atoms with Crippen molar-refractivity contribution in [1.82, 2.24) is 4.98 Å². The van der Waals surface area contributed by atoms with Gasteiger partial charge in [-0.15, -0.1) is 0 Å². The number of carbonyl (C=O) groups is 1. The number of hydrogen-bond donors (Lipinski definition) is 1. The summed E-state index contributed by atoms with van der Waals surface area (Å²) in [6, 6.07) is 8.93. The number of halogens is 1. The van der Waals surface area contributed by atoms with Crippen molar-refractivity contribution in [1.29, 1.82) is 0 Å². The lowest BCUT2D eigenvalue weighted by molar-refractivity contribution is 0.0527. The number of esters is 1. The fraction of sp³-hybridized carbons (Fsp3) is 0.238. The number of fused-ring (bicyclic) bond motifs is 2. The maximum Gasteiger partial charge on any atom is 0.341 e. The zero-order valence-corrected chi connectivity index (χ0v) is 16.7. The monoisotopic (exact) mass is 414 g/mol. The Morgan fingerprint density at radius 1 is 1.21 bits per heavy atom. The molecule has 4 rings (SSSR count). The Morgan fingerprint density at radius 2 is 2.00 bits per heavy atom. The van der Waals surface area contributed by atoms with E-state index < -0.39 is 5.97 Å². The third-order valence-electron chi connectivity index (χ3n) is 4.45.